The fraction of sp³-hybridized carbons (Fsp3) is 0.400. The zero-order valence-electron chi connectivity index (χ0n) is 8.17. The molecule has 0 aliphatic carbocycles. The maximum absolute atomic E-state index is 10.3. The van der Waals surface area contributed by atoms with Crippen molar-refractivity contribution < 1.29 is 81.2 Å². The van der Waals surface area contributed by atoms with Gasteiger partial charge in [-0.1, -0.05) is 6.58 Å². The van der Waals surface area contributed by atoms with Crippen molar-refractivity contribution in [2.45, 2.75) is 0 Å². The van der Waals surface area contributed by atoms with Crippen LogP contribution in [0.25, 0.3) is 0 Å². The van der Waals surface area contributed by atoms with Crippen LogP contribution in [0.5, 0.6) is 0 Å². The minimum absolute atomic E-state index is 0. The van der Waals surface area contributed by atoms with Gasteiger partial charge in [0.2, 0.25) is 0 Å². The zero-order valence-corrected chi connectivity index (χ0v) is 11.2. The molecule has 0 atom stereocenters. The number of phosphoric ester groups is 1. The molecule has 0 aromatic rings. The Hall–Kier alpha value is 0.956. The summed E-state index contributed by atoms with van der Waals surface area (Å²) in [5, 5.41) is 0. The van der Waals surface area contributed by atoms with Crippen molar-refractivity contribution in [3.63, 3.8) is 0 Å². The van der Waals surface area contributed by atoms with E-state index in [1.165, 1.54) is 0 Å². The Morgan fingerprint density at radius 2 is 2.08 bits per heavy atom. The third kappa shape index (κ3) is 13.0. The van der Waals surface area contributed by atoms with Crippen molar-refractivity contribution in [1.29, 1.82) is 0 Å². The summed E-state index contributed by atoms with van der Waals surface area (Å²) in [6.07, 6.45) is 0.942. The minimum Gasteiger partial charge on any atom is -1.00 e. The Kier molecular flexibility index (Phi) is 10.4. The summed E-state index contributed by atoms with van der Waals surface area (Å²) in [6.45, 7) is 2.56. The standard InChI is InChI=1S/C5H9O6P.K.H/c1-2-5(6)10-3-4-11-12(7,8)9;;/h2H,1,3-4H2,(H2,7,8,9);;/q;+1;-1. The van der Waals surface area contributed by atoms with E-state index in [2.05, 4.69) is 15.8 Å². The fourth-order valence-corrected chi connectivity index (χ4v) is 0.670. The first-order valence-electron chi connectivity index (χ1n) is 2.95. The molecule has 0 heterocycles. The molecule has 0 saturated carbocycles. The van der Waals surface area contributed by atoms with E-state index in [-0.39, 0.29) is 66.0 Å². The van der Waals surface area contributed by atoms with E-state index in [0.29, 0.717) is 0 Å². The number of hydrogen-bond acceptors (Lipinski definition) is 4. The maximum Gasteiger partial charge on any atom is 1.00 e. The van der Waals surface area contributed by atoms with Crippen molar-refractivity contribution in [3.05, 3.63) is 12.7 Å². The van der Waals surface area contributed by atoms with Crippen LogP contribution >= 0.6 is 7.82 Å². The van der Waals surface area contributed by atoms with Crippen LogP contribution in [-0.2, 0) is 18.6 Å². The first-order valence-corrected chi connectivity index (χ1v) is 4.48. The number of phosphoric acid groups is 1. The van der Waals surface area contributed by atoms with Crippen molar-refractivity contribution in [1.82, 2.24) is 0 Å². The number of carbonyl (C=O) groups is 1. The van der Waals surface area contributed by atoms with Crippen LogP contribution in [0.4, 0.5) is 0 Å². The first-order chi connectivity index (χ1) is 5.45. The topological polar surface area (TPSA) is 93.1 Å². The molecular weight excluding hydrogens is 226 g/mol. The normalized spacial score (nSPS) is 10.0. The van der Waals surface area contributed by atoms with Crippen LogP contribution in [0.2, 0.25) is 0 Å². The second-order valence-electron chi connectivity index (χ2n) is 1.70. The van der Waals surface area contributed by atoms with Gasteiger partial charge in [-0.3, -0.25) is 4.52 Å². The molecular formula is C5H10KO6P. The quantitative estimate of drug-likeness (QED) is 0.173. The Labute approximate surface area is 119 Å². The third-order valence-electron chi connectivity index (χ3n) is 0.754. The number of ether oxygens (including phenoxy) is 1. The molecule has 0 unspecified atom stereocenters. The number of esters is 1. The molecule has 0 fully saturated rings. The van der Waals surface area contributed by atoms with Crippen molar-refractivity contribution >= 4 is 13.8 Å². The van der Waals surface area contributed by atoms with Gasteiger partial charge in [0.25, 0.3) is 0 Å². The minimum atomic E-state index is -4.45. The maximum atomic E-state index is 10.3. The van der Waals surface area contributed by atoms with E-state index >= 15 is 0 Å². The molecule has 2 N–H and O–H groups in total. The smallest absolute Gasteiger partial charge is 1.00 e. The summed E-state index contributed by atoms with van der Waals surface area (Å²) in [5.74, 6) is -0.663. The Bertz CT molecular complexity index is 216. The van der Waals surface area contributed by atoms with Crippen LogP contribution in [0.1, 0.15) is 1.43 Å². The molecule has 0 aromatic carbocycles. The first kappa shape index (κ1) is 16.4. The fourth-order valence-electron chi connectivity index (χ4n) is 0.357. The molecule has 13 heavy (non-hydrogen) atoms. The largest absolute Gasteiger partial charge is 1.00 e. The monoisotopic (exact) mass is 236 g/mol. The van der Waals surface area contributed by atoms with E-state index in [1.54, 1.807) is 0 Å². The molecule has 0 saturated heterocycles. The van der Waals surface area contributed by atoms with E-state index < -0.39 is 13.8 Å². The van der Waals surface area contributed by atoms with Gasteiger partial charge in [0.05, 0.1) is 6.61 Å². The predicted octanol–water partition coefficient (Wildman–Crippen LogP) is -3.06. The molecule has 0 rings (SSSR count). The Morgan fingerprint density at radius 3 is 2.46 bits per heavy atom. The summed E-state index contributed by atoms with van der Waals surface area (Å²) in [7, 11) is -4.45. The van der Waals surface area contributed by atoms with E-state index in [4.69, 9.17) is 9.79 Å². The average molecular weight is 236 g/mol. The molecule has 0 aromatic heterocycles. The predicted molar refractivity (Wildman–Crippen MR) is 40.3 cm³/mol. The molecule has 0 spiro atoms. The van der Waals surface area contributed by atoms with Gasteiger partial charge in [0.1, 0.15) is 6.61 Å². The van der Waals surface area contributed by atoms with Gasteiger partial charge in [-0.05, 0) is 0 Å². The summed E-state index contributed by atoms with van der Waals surface area (Å²) in [5.41, 5.74) is 0. The summed E-state index contributed by atoms with van der Waals surface area (Å²) >= 11 is 0. The third-order valence-corrected chi connectivity index (χ3v) is 1.27. The van der Waals surface area contributed by atoms with Gasteiger partial charge >= 0.3 is 65.2 Å². The van der Waals surface area contributed by atoms with Crippen molar-refractivity contribution in [3.8, 4) is 0 Å². The van der Waals surface area contributed by atoms with Gasteiger partial charge < -0.3 is 16.0 Å². The van der Waals surface area contributed by atoms with Gasteiger partial charge in [0.15, 0.2) is 0 Å². The molecule has 6 nitrogen and oxygen atoms in total. The van der Waals surface area contributed by atoms with Gasteiger partial charge in [0, 0.05) is 6.08 Å². The number of hydrogen-bond donors (Lipinski definition) is 2. The second kappa shape index (κ2) is 8.28. The van der Waals surface area contributed by atoms with Crippen LogP contribution in [0, 0.1) is 0 Å². The Morgan fingerprint density at radius 1 is 1.54 bits per heavy atom. The average Bonchev–Trinajstić information content (AvgIpc) is 1.96. The summed E-state index contributed by atoms with van der Waals surface area (Å²) < 4.78 is 18.4. The van der Waals surface area contributed by atoms with Gasteiger partial charge in [-0.25, -0.2) is 9.36 Å². The van der Waals surface area contributed by atoms with Crippen molar-refractivity contribution in [2.75, 3.05) is 13.2 Å². The molecule has 0 amide bonds. The molecule has 72 valence electrons. The second-order valence-corrected chi connectivity index (χ2v) is 2.93. The van der Waals surface area contributed by atoms with E-state index in [0.717, 1.165) is 6.08 Å². The summed E-state index contributed by atoms with van der Waals surface area (Å²) in [4.78, 5) is 26.7. The van der Waals surface area contributed by atoms with Crippen LogP contribution in [0.3, 0.4) is 0 Å². The van der Waals surface area contributed by atoms with Crippen LogP contribution < -0.4 is 51.4 Å². The van der Waals surface area contributed by atoms with E-state index in [9.17, 15) is 9.36 Å². The molecule has 0 bridgehead atoms. The van der Waals surface area contributed by atoms with Crippen molar-refractivity contribution in [2.24, 2.45) is 0 Å². The molecule has 0 radical (unpaired) electrons. The van der Waals surface area contributed by atoms with Gasteiger partial charge in [-0.15, -0.1) is 0 Å². The Balaban J connectivity index is -0.000000605. The molecule has 0 aliphatic rings. The van der Waals surface area contributed by atoms with Crippen LogP contribution in [-0.4, -0.2) is 29.0 Å². The molecule has 8 heteroatoms. The van der Waals surface area contributed by atoms with Crippen LogP contribution in [0.15, 0.2) is 12.7 Å². The SMILES string of the molecule is C=CC(=O)OCCOP(=O)(O)O.[H-].[K+]. The van der Waals surface area contributed by atoms with E-state index in [1.807, 2.05) is 0 Å². The molecule has 0 aliphatic heterocycles. The van der Waals surface area contributed by atoms with Gasteiger partial charge in [-0.2, -0.15) is 0 Å². The summed E-state index contributed by atoms with van der Waals surface area (Å²) in [6, 6.07) is 0. The number of carbonyl (C=O) groups excluding carboxylic acids is 1. The zero-order chi connectivity index (χ0) is 9.61. The number of rotatable bonds is 5.